The molecule has 0 amide bonds. The monoisotopic (exact) mass is 258 g/mol. The Morgan fingerprint density at radius 1 is 1.00 bits per heavy atom. The van der Waals surface area contributed by atoms with Crippen LogP contribution in [0.15, 0.2) is 58.3 Å². The fourth-order valence-electron chi connectivity index (χ4n) is 1.75. The molecule has 0 bridgehead atoms. The molecule has 0 spiro atoms. The van der Waals surface area contributed by atoms with E-state index in [1.807, 2.05) is 6.07 Å². The zero-order valence-corrected chi connectivity index (χ0v) is 11.8. The van der Waals surface area contributed by atoms with E-state index in [9.17, 15) is 0 Å². The van der Waals surface area contributed by atoms with Crippen molar-refractivity contribution in [1.29, 1.82) is 0 Å². The highest BCUT2D eigenvalue weighted by atomic mass is 32.2. The van der Waals surface area contributed by atoms with Gasteiger partial charge < -0.3 is 4.74 Å². The van der Waals surface area contributed by atoms with E-state index in [2.05, 4.69) is 56.3 Å². The van der Waals surface area contributed by atoms with Crippen LogP contribution in [0.3, 0.4) is 0 Å². The third kappa shape index (κ3) is 3.08. The second kappa shape index (κ2) is 5.96. The van der Waals surface area contributed by atoms with Gasteiger partial charge in [-0.05, 0) is 35.7 Å². The van der Waals surface area contributed by atoms with Crippen molar-refractivity contribution in [2.75, 3.05) is 7.11 Å². The number of methoxy groups -OCH3 is 1. The van der Waals surface area contributed by atoms with E-state index >= 15 is 0 Å². The number of hydrogen-bond acceptors (Lipinski definition) is 2. The fraction of sp³-hybridized carbons (Fsp3) is 0.250. The normalized spacial score (nSPS) is 10.7. The van der Waals surface area contributed by atoms with Gasteiger partial charge in [-0.3, -0.25) is 0 Å². The first kappa shape index (κ1) is 13.0. The Kier molecular flexibility index (Phi) is 4.32. The van der Waals surface area contributed by atoms with Crippen molar-refractivity contribution in [3.63, 3.8) is 0 Å². The lowest BCUT2D eigenvalue weighted by atomic mass is 10.0. The van der Waals surface area contributed by atoms with Crippen LogP contribution >= 0.6 is 11.8 Å². The summed E-state index contributed by atoms with van der Waals surface area (Å²) >= 11 is 1.75. The molecular formula is C16H18OS. The molecule has 2 heteroatoms. The molecule has 94 valence electrons. The minimum atomic E-state index is 0.533. The van der Waals surface area contributed by atoms with Gasteiger partial charge in [0, 0.05) is 4.90 Å². The minimum Gasteiger partial charge on any atom is -0.496 e. The van der Waals surface area contributed by atoms with Gasteiger partial charge in [-0.15, -0.1) is 0 Å². The summed E-state index contributed by atoms with van der Waals surface area (Å²) in [6.45, 7) is 4.41. The van der Waals surface area contributed by atoms with Crippen LogP contribution in [0.2, 0.25) is 0 Å². The van der Waals surface area contributed by atoms with Gasteiger partial charge in [0.15, 0.2) is 0 Å². The van der Waals surface area contributed by atoms with Crippen molar-refractivity contribution in [2.45, 2.75) is 29.6 Å². The van der Waals surface area contributed by atoms with Crippen LogP contribution in [0.4, 0.5) is 0 Å². The molecule has 0 atom stereocenters. The van der Waals surface area contributed by atoms with Crippen LogP contribution in [0.5, 0.6) is 5.75 Å². The van der Waals surface area contributed by atoms with Crippen molar-refractivity contribution in [2.24, 2.45) is 0 Å². The van der Waals surface area contributed by atoms with E-state index < -0.39 is 0 Å². The topological polar surface area (TPSA) is 9.23 Å². The van der Waals surface area contributed by atoms with Crippen LogP contribution in [-0.2, 0) is 0 Å². The summed E-state index contributed by atoms with van der Waals surface area (Å²) in [5, 5.41) is 0. The number of ether oxygens (including phenoxy) is 1. The van der Waals surface area contributed by atoms with E-state index in [0.29, 0.717) is 5.92 Å². The summed E-state index contributed by atoms with van der Waals surface area (Å²) in [4.78, 5) is 2.41. The summed E-state index contributed by atoms with van der Waals surface area (Å²) in [6, 6.07) is 16.8. The highest BCUT2D eigenvalue weighted by molar-refractivity contribution is 7.99. The van der Waals surface area contributed by atoms with E-state index in [1.54, 1.807) is 18.9 Å². The molecule has 0 saturated carbocycles. The maximum absolute atomic E-state index is 5.43. The third-order valence-electron chi connectivity index (χ3n) is 2.83. The molecule has 1 nitrogen and oxygen atoms in total. The van der Waals surface area contributed by atoms with Crippen LogP contribution in [0.25, 0.3) is 0 Å². The smallest absolute Gasteiger partial charge is 0.132 e. The van der Waals surface area contributed by atoms with Gasteiger partial charge in [-0.25, -0.2) is 0 Å². The van der Waals surface area contributed by atoms with Crippen LogP contribution in [0.1, 0.15) is 25.3 Å². The molecule has 2 aromatic carbocycles. The second-order valence-corrected chi connectivity index (χ2v) is 5.60. The van der Waals surface area contributed by atoms with Gasteiger partial charge in [0.25, 0.3) is 0 Å². The Hall–Kier alpha value is -1.41. The quantitative estimate of drug-likeness (QED) is 0.765. The highest BCUT2D eigenvalue weighted by Crippen LogP contribution is 2.36. The Labute approximate surface area is 113 Å². The van der Waals surface area contributed by atoms with Crippen molar-refractivity contribution in [1.82, 2.24) is 0 Å². The summed E-state index contributed by atoms with van der Waals surface area (Å²) < 4.78 is 5.43. The van der Waals surface area contributed by atoms with Crippen LogP contribution in [0, 0.1) is 0 Å². The molecule has 0 unspecified atom stereocenters. The fourth-order valence-corrected chi connectivity index (χ4v) is 2.74. The second-order valence-electron chi connectivity index (χ2n) is 4.48. The van der Waals surface area contributed by atoms with E-state index in [-0.39, 0.29) is 0 Å². The molecule has 0 heterocycles. The predicted octanol–water partition coefficient (Wildman–Crippen LogP) is 4.97. The average Bonchev–Trinajstić information content (AvgIpc) is 2.39. The summed E-state index contributed by atoms with van der Waals surface area (Å²) in [6.07, 6.45) is 0. The maximum atomic E-state index is 5.43. The molecule has 0 aliphatic rings. The first-order valence-corrected chi connectivity index (χ1v) is 6.93. The van der Waals surface area contributed by atoms with Gasteiger partial charge >= 0.3 is 0 Å². The summed E-state index contributed by atoms with van der Waals surface area (Å²) in [5.41, 5.74) is 1.34. The average molecular weight is 258 g/mol. The summed E-state index contributed by atoms with van der Waals surface area (Å²) in [5.74, 6) is 1.47. The van der Waals surface area contributed by atoms with Crippen molar-refractivity contribution in [3.8, 4) is 5.75 Å². The third-order valence-corrected chi connectivity index (χ3v) is 3.87. The zero-order valence-electron chi connectivity index (χ0n) is 11.0. The molecule has 0 aliphatic heterocycles. The molecule has 0 aliphatic carbocycles. The standard InChI is InChI=1S/C16H18OS/c1-12(2)13-9-10-15(17-3)16(11-13)18-14-7-5-4-6-8-14/h4-12H,1-3H3. The van der Waals surface area contributed by atoms with Crippen LogP contribution in [-0.4, -0.2) is 7.11 Å². The summed E-state index contributed by atoms with van der Waals surface area (Å²) in [7, 11) is 1.72. The Morgan fingerprint density at radius 3 is 2.33 bits per heavy atom. The predicted molar refractivity (Wildman–Crippen MR) is 77.6 cm³/mol. The first-order chi connectivity index (χ1) is 8.70. The molecule has 0 aromatic heterocycles. The molecule has 0 N–H and O–H groups in total. The van der Waals surface area contributed by atoms with Crippen LogP contribution < -0.4 is 4.74 Å². The highest BCUT2D eigenvalue weighted by Gasteiger charge is 2.08. The molecule has 0 fully saturated rings. The van der Waals surface area contributed by atoms with E-state index in [0.717, 1.165) is 5.75 Å². The number of hydrogen-bond donors (Lipinski definition) is 0. The molecule has 2 aromatic rings. The zero-order chi connectivity index (χ0) is 13.0. The van der Waals surface area contributed by atoms with Gasteiger partial charge in [-0.1, -0.05) is 49.9 Å². The molecule has 2 rings (SSSR count). The molecule has 0 saturated heterocycles. The number of rotatable bonds is 4. The first-order valence-electron chi connectivity index (χ1n) is 6.11. The van der Waals surface area contributed by atoms with E-state index in [1.165, 1.54) is 15.4 Å². The molecule has 18 heavy (non-hydrogen) atoms. The molecule has 0 radical (unpaired) electrons. The Balaban J connectivity index is 2.32. The lowest BCUT2D eigenvalue weighted by Crippen LogP contribution is -1.91. The maximum Gasteiger partial charge on any atom is 0.132 e. The van der Waals surface area contributed by atoms with Crippen molar-refractivity contribution in [3.05, 3.63) is 54.1 Å². The Bertz CT molecular complexity index is 506. The van der Waals surface area contributed by atoms with Crippen molar-refractivity contribution < 1.29 is 4.74 Å². The Morgan fingerprint density at radius 2 is 1.72 bits per heavy atom. The largest absolute Gasteiger partial charge is 0.496 e. The lowest BCUT2D eigenvalue weighted by Gasteiger charge is -2.12. The van der Waals surface area contributed by atoms with Gasteiger partial charge in [0.1, 0.15) is 5.75 Å². The number of benzene rings is 2. The minimum absolute atomic E-state index is 0.533. The van der Waals surface area contributed by atoms with Crippen molar-refractivity contribution >= 4 is 11.8 Å². The van der Waals surface area contributed by atoms with Gasteiger partial charge in [-0.2, -0.15) is 0 Å². The lowest BCUT2D eigenvalue weighted by molar-refractivity contribution is 0.404. The van der Waals surface area contributed by atoms with E-state index in [4.69, 9.17) is 4.74 Å². The molecular weight excluding hydrogens is 240 g/mol. The van der Waals surface area contributed by atoms with Gasteiger partial charge in [0.2, 0.25) is 0 Å². The SMILES string of the molecule is COc1ccc(C(C)C)cc1Sc1ccccc1. The van der Waals surface area contributed by atoms with Gasteiger partial charge in [0.05, 0.1) is 12.0 Å².